The fourth-order valence-electron chi connectivity index (χ4n) is 4.61. The Labute approximate surface area is 221 Å². The van der Waals surface area contributed by atoms with Crippen molar-refractivity contribution in [2.45, 2.75) is 19.8 Å². The average Bonchev–Trinajstić information content (AvgIpc) is 3.53. The van der Waals surface area contributed by atoms with E-state index in [-0.39, 0.29) is 5.82 Å². The van der Waals surface area contributed by atoms with Crippen molar-refractivity contribution in [2.75, 3.05) is 20.6 Å². The van der Waals surface area contributed by atoms with E-state index in [1.54, 1.807) is 18.3 Å². The molecular weight excluding hydrogens is 475 g/mol. The minimum Gasteiger partial charge on any atom is -0.353 e. The van der Waals surface area contributed by atoms with Gasteiger partial charge in [-0.05, 0) is 106 Å². The van der Waals surface area contributed by atoms with Gasteiger partial charge < -0.3 is 9.88 Å². The summed E-state index contributed by atoms with van der Waals surface area (Å²) in [6, 6.07) is 12.5. The normalized spacial score (nSPS) is 12.7. The van der Waals surface area contributed by atoms with E-state index in [1.165, 1.54) is 17.7 Å². The molecular formula is C31H31FN6. The maximum atomic E-state index is 13.5. The molecule has 4 heterocycles. The Morgan fingerprint density at radius 2 is 1.89 bits per heavy atom. The quantitative estimate of drug-likeness (QED) is 0.313. The lowest BCUT2D eigenvalue weighted by molar-refractivity contribution is 0.400. The molecule has 0 spiro atoms. The summed E-state index contributed by atoms with van der Waals surface area (Å²) in [5.74, 6) is -0.273. The van der Waals surface area contributed by atoms with Gasteiger partial charge in [-0.1, -0.05) is 12.7 Å². The minimum absolute atomic E-state index is 0.273. The van der Waals surface area contributed by atoms with Gasteiger partial charge in [0.05, 0.1) is 16.7 Å². The summed E-state index contributed by atoms with van der Waals surface area (Å²) in [7, 11) is 4.17. The Bertz CT molecular complexity index is 1710. The molecule has 0 fully saturated rings. The molecule has 6 nitrogen and oxygen atoms in total. The highest BCUT2D eigenvalue weighted by atomic mass is 19.1. The Kier molecular flexibility index (Phi) is 7.29. The van der Waals surface area contributed by atoms with Crippen molar-refractivity contribution in [3.8, 4) is 22.6 Å². The molecule has 1 aromatic carbocycles. The molecule has 0 saturated carbocycles. The number of H-pyrrole nitrogens is 2. The highest BCUT2D eigenvalue weighted by Gasteiger charge is 2.13. The standard InChI is InChI=1S/C31H31FN6/c1-5-27-25(15-20(2)23-16-21(18-33-19-23)7-6-14-38(3)4)31(37-36-27)29-17-26-28(35-29)12-13-34-30(26)22-8-10-24(32)11-9-22/h5,8-13,15-19,35-36H,2,6-7,14H2,1,3-4H3/b25-15+,27-5+. The first-order valence-corrected chi connectivity index (χ1v) is 12.7. The van der Waals surface area contributed by atoms with E-state index in [2.05, 4.69) is 62.9 Å². The van der Waals surface area contributed by atoms with Crippen LogP contribution in [0.3, 0.4) is 0 Å². The van der Waals surface area contributed by atoms with Crippen molar-refractivity contribution in [1.29, 1.82) is 0 Å². The van der Waals surface area contributed by atoms with Crippen LogP contribution in [0.4, 0.5) is 4.39 Å². The van der Waals surface area contributed by atoms with Crippen molar-refractivity contribution in [3.63, 3.8) is 0 Å². The highest BCUT2D eigenvalue weighted by Crippen LogP contribution is 2.29. The molecule has 0 amide bonds. The maximum Gasteiger partial charge on any atom is 0.123 e. The Hall–Kier alpha value is -4.36. The van der Waals surface area contributed by atoms with E-state index in [1.807, 2.05) is 37.5 Å². The minimum atomic E-state index is -0.273. The third-order valence-electron chi connectivity index (χ3n) is 6.60. The predicted octanol–water partition coefficient (Wildman–Crippen LogP) is 4.94. The van der Waals surface area contributed by atoms with E-state index in [4.69, 9.17) is 0 Å². The Morgan fingerprint density at radius 3 is 2.66 bits per heavy atom. The lowest BCUT2D eigenvalue weighted by Gasteiger charge is -2.09. The summed E-state index contributed by atoms with van der Waals surface area (Å²) in [5.41, 5.74) is 7.26. The lowest BCUT2D eigenvalue weighted by atomic mass is 10.0. The summed E-state index contributed by atoms with van der Waals surface area (Å²) < 4.78 is 13.5. The average molecular weight is 507 g/mol. The highest BCUT2D eigenvalue weighted by molar-refractivity contribution is 5.96. The second-order valence-corrected chi connectivity index (χ2v) is 9.66. The summed E-state index contributed by atoms with van der Waals surface area (Å²) in [6.07, 6.45) is 11.6. The van der Waals surface area contributed by atoms with Crippen LogP contribution in [-0.2, 0) is 6.42 Å². The van der Waals surface area contributed by atoms with E-state index in [9.17, 15) is 4.39 Å². The number of aryl methyl sites for hydroxylation is 1. The van der Waals surface area contributed by atoms with Gasteiger partial charge >= 0.3 is 0 Å². The zero-order chi connectivity index (χ0) is 26.6. The van der Waals surface area contributed by atoms with Crippen LogP contribution in [-0.4, -0.2) is 50.7 Å². The predicted molar refractivity (Wildman–Crippen MR) is 153 cm³/mol. The fraction of sp³-hybridized carbons (Fsp3) is 0.194. The molecule has 192 valence electrons. The molecule has 0 aliphatic heterocycles. The van der Waals surface area contributed by atoms with E-state index < -0.39 is 0 Å². The number of hydrogen-bond acceptors (Lipinski definition) is 4. The molecule has 0 unspecified atom stereocenters. The van der Waals surface area contributed by atoms with Gasteiger partial charge in [0.25, 0.3) is 0 Å². The molecule has 0 atom stereocenters. The molecule has 7 heteroatoms. The molecule has 0 saturated heterocycles. The summed E-state index contributed by atoms with van der Waals surface area (Å²) in [6.45, 7) is 7.37. The number of benzene rings is 1. The number of rotatable bonds is 8. The van der Waals surface area contributed by atoms with E-state index in [0.29, 0.717) is 0 Å². The SMILES string of the molecule is C=C(/C=c1/c(-c2cc3c(-c4ccc(F)cc4)nccc3[nH]2)n[nH]/c1=C/C)c1cncc(CCCN(C)C)c1. The van der Waals surface area contributed by atoms with Gasteiger partial charge in [-0.15, -0.1) is 0 Å². The monoisotopic (exact) mass is 506 g/mol. The number of pyridine rings is 2. The smallest absolute Gasteiger partial charge is 0.123 e. The van der Waals surface area contributed by atoms with Gasteiger partial charge in [0.1, 0.15) is 11.5 Å². The number of allylic oxidation sites excluding steroid dienone is 1. The summed E-state index contributed by atoms with van der Waals surface area (Å²) in [4.78, 5) is 14.7. The van der Waals surface area contributed by atoms with Crippen LogP contribution in [0.5, 0.6) is 0 Å². The maximum absolute atomic E-state index is 13.5. The molecule has 0 radical (unpaired) electrons. The number of aromatic nitrogens is 5. The molecule has 0 bridgehead atoms. The summed E-state index contributed by atoms with van der Waals surface area (Å²) in [5, 5.41) is 10.6. The zero-order valence-corrected chi connectivity index (χ0v) is 21.9. The van der Waals surface area contributed by atoms with Gasteiger partial charge in [0.2, 0.25) is 0 Å². The Morgan fingerprint density at radius 1 is 1.08 bits per heavy atom. The number of nitrogens with zero attached hydrogens (tertiary/aromatic N) is 4. The molecule has 38 heavy (non-hydrogen) atoms. The van der Waals surface area contributed by atoms with Gasteiger partial charge in [0.15, 0.2) is 0 Å². The second kappa shape index (κ2) is 10.9. The van der Waals surface area contributed by atoms with Crippen LogP contribution >= 0.6 is 0 Å². The van der Waals surface area contributed by atoms with Crippen LogP contribution in [0.1, 0.15) is 24.5 Å². The van der Waals surface area contributed by atoms with Crippen molar-refractivity contribution >= 4 is 28.6 Å². The van der Waals surface area contributed by atoms with Crippen molar-refractivity contribution < 1.29 is 4.39 Å². The fourth-order valence-corrected chi connectivity index (χ4v) is 4.61. The third-order valence-corrected chi connectivity index (χ3v) is 6.60. The van der Waals surface area contributed by atoms with Gasteiger partial charge in [-0.3, -0.25) is 15.1 Å². The first-order valence-electron chi connectivity index (χ1n) is 12.7. The van der Waals surface area contributed by atoms with E-state index >= 15 is 0 Å². The molecule has 2 N–H and O–H groups in total. The number of hydrogen-bond donors (Lipinski definition) is 2. The number of aromatic amines is 2. The summed E-state index contributed by atoms with van der Waals surface area (Å²) >= 11 is 0. The number of nitrogens with one attached hydrogen (secondary N) is 2. The molecule has 0 aliphatic carbocycles. The molecule has 5 rings (SSSR count). The van der Waals surface area contributed by atoms with Crippen LogP contribution < -0.4 is 10.6 Å². The number of fused-ring (bicyclic) bond motifs is 1. The van der Waals surface area contributed by atoms with Crippen molar-refractivity contribution in [3.05, 3.63) is 95.1 Å². The first kappa shape index (κ1) is 25.3. The van der Waals surface area contributed by atoms with Crippen LogP contribution in [0, 0.1) is 5.82 Å². The van der Waals surface area contributed by atoms with Gasteiger partial charge in [-0.25, -0.2) is 4.39 Å². The van der Waals surface area contributed by atoms with Crippen LogP contribution in [0.2, 0.25) is 0 Å². The lowest BCUT2D eigenvalue weighted by Crippen LogP contribution is -2.23. The van der Waals surface area contributed by atoms with Gasteiger partial charge in [-0.2, -0.15) is 5.10 Å². The topological polar surface area (TPSA) is 73.5 Å². The second-order valence-electron chi connectivity index (χ2n) is 9.66. The van der Waals surface area contributed by atoms with Crippen molar-refractivity contribution in [1.82, 2.24) is 30.0 Å². The number of halogens is 1. The van der Waals surface area contributed by atoms with Gasteiger partial charge in [0, 0.05) is 40.3 Å². The molecule has 4 aromatic heterocycles. The van der Waals surface area contributed by atoms with Crippen LogP contribution in [0.25, 0.3) is 51.3 Å². The largest absolute Gasteiger partial charge is 0.353 e. The first-order chi connectivity index (χ1) is 18.4. The van der Waals surface area contributed by atoms with Crippen molar-refractivity contribution in [2.24, 2.45) is 0 Å². The third kappa shape index (κ3) is 5.33. The molecule has 0 aliphatic rings. The zero-order valence-electron chi connectivity index (χ0n) is 21.9. The van der Waals surface area contributed by atoms with E-state index in [0.717, 1.165) is 74.6 Å². The van der Waals surface area contributed by atoms with Crippen LogP contribution in [0.15, 0.2) is 67.6 Å². The molecule has 5 aromatic rings. The Balaban J connectivity index is 1.53.